The number of ether oxygens (including phenoxy) is 1. The number of likely N-dealkylation sites (tertiary alicyclic amines) is 1. The van der Waals surface area contributed by atoms with Crippen molar-refractivity contribution >= 4 is 21.8 Å². The van der Waals surface area contributed by atoms with Crippen molar-refractivity contribution in [1.82, 2.24) is 19.9 Å². The monoisotopic (exact) mass is 484 g/mol. The van der Waals surface area contributed by atoms with Gasteiger partial charge in [-0.3, -0.25) is 4.79 Å². The van der Waals surface area contributed by atoms with Crippen LogP contribution in [0.5, 0.6) is 5.88 Å². The third-order valence-corrected chi connectivity index (χ3v) is 5.92. The molecule has 3 aromatic rings. The Bertz CT molecular complexity index is 1050. The van der Waals surface area contributed by atoms with Crippen LogP contribution in [0.4, 0.5) is 4.39 Å². The Morgan fingerprint density at radius 2 is 2.00 bits per heavy atom. The zero-order chi connectivity index (χ0) is 21.8. The summed E-state index contributed by atoms with van der Waals surface area (Å²) >= 11 is 3.48. The molecule has 0 spiro atoms. The summed E-state index contributed by atoms with van der Waals surface area (Å²) in [5, 5.41) is 0. The third kappa shape index (κ3) is 5.07. The zero-order valence-electron chi connectivity index (χ0n) is 17.0. The molecule has 4 rings (SSSR count). The average molecular weight is 485 g/mol. The molecule has 6 nitrogen and oxygen atoms in total. The van der Waals surface area contributed by atoms with Gasteiger partial charge < -0.3 is 9.64 Å². The first-order valence-corrected chi connectivity index (χ1v) is 10.9. The van der Waals surface area contributed by atoms with Crippen molar-refractivity contribution in [1.29, 1.82) is 0 Å². The number of halogens is 2. The number of carbonyl (C=O) groups is 1. The van der Waals surface area contributed by atoms with Gasteiger partial charge in [0.2, 0.25) is 5.88 Å². The Hall–Kier alpha value is -2.87. The second-order valence-corrected chi connectivity index (χ2v) is 8.55. The Labute approximate surface area is 188 Å². The quantitative estimate of drug-likeness (QED) is 0.522. The summed E-state index contributed by atoms with van der Waals surface area (Å²) in [5.74, 6) is 0.609. The minimum Gasteiger partial charge on any atom is -0.477 e. The van der Waals surface area contributed by atoms with E-state index >= 15 is 0 Å². The number of hydrogen-bond donors (Lipinski definition) is 0. The van der Waals surface area contributed by atoms with Crippen molar-refractivity contribution < 1.29 is 13.9 Å². The summed E-state index contributed by atoms with van der Waals surface area (Å²) in [6.07, 6.45) is 6.29. The molecule has 8 heteroatoms. The van der Waals surface area contributed by atoms with Gasteiger partial charge in [0.1, 0.15) is 5.82 Å². The molecule has 1 aliphatic rings. The van der Waals surface area contributed by atoms with Gasteiger partial charge in [-0.05, 0) is 50.1 Å². The number of amides is 1. The van der Waals surface area contributed by atoms with E-state index < -0.39 is 5.82 Å². The first-order valence-electron chi connectivity index (χ1n) is 10.1. The van der Waals surface area contributed by atoms with Gasteiger partial charge in [0.25, 0.3) is 5.91 Å². The van der Waals surface area contributed by atoms with Gasteiger partial charge in [0.15, 0.2) is 5.82 Å². The predicted octanol–water partition coefficient (Wildman–Crippen LogP) is 4.76. The molecule has 2 atom stereocenters. The molecule has 31 heavy (non-hydrogen) atoms. The minimum absolute atomic E-state index is 0.0548. The molecule has 3 heterocycles. The first kappa shape index (κ1) is 21.4. The molecule has 0 aliphatic carbocycles. The number of pyridine rings is 1. The van der Waals surface area contributed by atoms with Crippen molar-refractivity contribution in [3.05, 3.63) is 70.8 Å². The lowest BCUT2D eigenvalue weighted by atomic mass is 9.92. The fourth-order valence-corrected chi connectivity index (χ4v) is 4.09. The lowest BCUT2D eigenvalue weighted by Gasteiger charge is -2.38. The molecular formula is C23H22BrFN4O2. The van der Waals surface area contributed by atoms with E-state index in [0.29, 0.717) is 36.0 Å². The van der Waals surface area contributed by atoms with Crippen LogP contribution in [0.2, 0.25) is 0 Å². The van der Waals surface area contributed by atoms with Gasteiger partial charge >= 0.3 is 0 Å². The molecule has 0 bridgehead atoms. The van der Waals surface area contributed by atoms with Crippen LogP contribution >= 0.6 is 15.9 Å². The number of hydrogen-bond acceptors (Lipinski definition) is 5. The summed E-state index contributed by atoms with van der Waals surface area (Å²) in [7, 11) is 0. The second-order valence-electron chi connectivity index (χ2n) is 7.64. The molecule has 1 amide bonds. The fraction of sp³-hybridized carbons (Fsp3) is 0.304. The van der Waals surface area contributed by atoms with Crippen molar-refractivity contribution in [2.24, 2.45) is 5.92 Å². The van der Waals surface area contributed by atoms with E-state index in [1.807, 2.05) is 23.1 Å². The van der Waals surface area contributed by atoms with Crippen LogP contribution in [-0.4, -0.2) is 45.0 Å². The first-order chi connectivity index (χ1) is 15.0. The topological polar surface area (TPSA) is 68.2 Å². The summed E-state index contributed by atoms with van der Waals surface area (Å²) < 4.78 is 19.6. The highest BCUT2D eigenvalue weighted by Gasteiger charge is 2.31. The molecule has 0 saturated carbocycles. The van der Waals surface area contributed by atoms with Crippen LogP contribution in [0.3, 0.4) is 0 Å². The number of carbonyl (C=O) groups excluding carboxylic acids is 1. The smallest absolute Gasteiger partial charge is 0.254 e. The molecular weight excluding hydrogens is 463 g/mol. The molecule has 2 aromatic heterocycles. The lowest BCUT2D eigenvalue weighted by Crippen LogP contribution is -2.47. The Morgan fingerprint density at radius 3 is 2.74 bits per heavy atom. The number of aromatic nitrogens is 3. The molecule has 1 fully saturated rings. The maximum absolute atomic E-state index is 13.6. The van der Waals surface area contributed by atoms with Crippen LogP contribution in [0.1, 0.15) is 30.1 Å². The van der Waals surface area contributed by atoms with Gasteiger partial charge in [-0.15, -0.1) is 0 Å². The van der Waals surface area contributed by atoms with Gasteiger partial charge in [0.05, 0.1) is 18.4 Å². The second kappa shape index (κ2) is 9.51. The van der Waals surface area contributed by atoms with Crippen LogP contribution < -0.4 is 4.74 Å². The molecule has 160 valence electrons. The summed E-state index contributed by atoms with van der Waals surface area (Å²) in [4.78, 5) is 28.0. The maximum atomic E-state index is 13.6. The Balaban J connectivity index is 1.52. The maximum Gasteiger partial charge on any atom is 0.254 e. The molecule has 0 N–H and O–H groups in total. The molecule has 1 aliphatic heterocycles. The normalized spacial score (nSPS) is 18.6. The van der Waals surface area contributed by atoms with Crippen molar-refractivity contribution in [2.45, 2.75) is 25.8 Å². The summed E-state index contributed by atoms with van der Waals surface area (Å²) in [6, 6.07) is 10.3. The van der Waals surface area contributed by atoms with E-state index in [1.165, 1.54) is 12.1 Å². The van der Waals surface area contributed by atoms with E-state index in [2.05, 4.69) is 37.8 Å². The summed E-state index contributed by atoms with van der Waals surface area (Å²) in [6.45, 7) is 3.05. The molecule has 1 saturated heterocycles. The molecule has 0 radical (unpaired) electrons. The van der Waals surface area contributed by atoms with Crippen molar-refractivity contribution in [2.75, 3.05) is 13.2 Å². The van der Waals surface area contributed by atoms with E-state index in [9.17, 15) is 9.18 Å². The van der Waals surface area contributed by atoms with E-state index in [1.54, 1.807) is 18.5 Å². The SMILES string of the molecule is C[C@@H]1CC[C@@H](COc2ccc(F)cn2)CN1C(=O)c1cc(Br)ccc1-c1ncccn1. The third-order valence-electron chi connectivity index (χ3n) is 5.43. The van der Waals surface area contributed by atoms with E-state index in [4.69, 9.17) is 4.74 Å². The number of piperidine rings is 1. The highest BCUT2D eigenvalue weighted by Crippen LogP contribution is 2.29. The van der Waals surface area contributed by atoms with Crippen LogP contribution in [0.25, 0.3) is 11.4 Å². The molecule has 0 unspecified atom stereocenters. The van der Waals surface area contributed by atoms with E-state index in [-0.39, 0.29) is 17.9 Å². The predicted molar refractivity (Wildman–Crippen MR) is 118 cm³/mol. The number of benzene rings is 1. The van der Waals surface area contributed by atoms with Crippen molar-refractivity contribution in [3.63, 3.8) is 0 Å². The lowest BCUT2D eigenvalue weighted by molar-refractivity contribution is 0.0503. The Kier molecular flexibility index (Phi) is 6.56. The van der Waals surface area contributed by atoms with Crippen molar-refractivity contribution in [3.8, 4) is 17.3 Å². The van der Waals surface area contributed by atoms with E-state index in [0.717, 1.165) is 23.5 Å². The largest absolute Gasteiger partial charge is 0.477 e. The van der Waals surface area contributed by atoms with Crippen LogP contribution in [-0.2, 0) is 0 Å². The Morgan fingerprint density at radius 1 is 1.19 bits per heavy atom. The molecule has 1 aromatic carbocycles. The zero-order valence-corrected chi connectivity index (χ0v) is 18.6. The fourth-order valence-electron chi connectivity index (χ4n) is 3.73. The van der Waals surface area contributed by atoms with Gasteiger partial charge in [0, 0.05) is 47.0 Å². The van der Waals surface area contributed by atoms with Crippen LogP contribution in [0, 0.1) is 11.7 Å². The number of rotatable bonds is 5. The summed E-state index contributed by atoms with van der Waals surface area (Å²) in [5.41, 5.74) is 1.27. The highest BCUT2D eigenvalue weighted by atomic mass is 79.9. The van der Waals surface area contributed by atoms with Gasteiger partial charge in [-0.2, -0.15) is 0 Å². The van der Waals surface area contributed by atoms with Gasteiger partial charge in [-0.25, -0.2) is 19.3 Å². The average Bonchev–Trinajstić information content (AvgIpc) is 2.79. The minimum atomic E-state index is -0.400. The standard InChI is InChI=1S/C23H22BrFN4O2/c1-15-3-4-16(14-31-21-8-6-18(25)12-28-21)13-29(15)23(30)20-11-17(24)5-7-19(20)22-26-9-2-10-27-22/h2,5-12,15-16H,3-4,13-14H2,1H3/t15-,16-/m1/s1. The van der Waals surface area contributed by atoms with Crippen LogP contribution in [0.15, 0.2) is 59.5 Å². The highest BCUT2D eigenvalue weighted by molar-refractivity contribution is 9.10. The number of nitrogens with zero attached hydrogens (tertiary/aromatic N) is 4. The van der Waals surface area contributed by atoms with Gasteiger partial charge in [-0.1, -0.05) is 15.9 Å².